The van der Waals surface area contributed by atoms with Gasteiger partial charge in [-0.05, 0) is 18.2 Å². The Kier molecular flexibility index (Phi) is 3.97. The number of hydrogen-bond donors (Lipinski definition) is 2. The van der Waals surface area contributed by atoms with Crippen LogP contribution in [0.2, 0.25) is 0 Å². The van der Waals surface area contributed by atoms with Gasteiger partial charge in [-0.25, -0.2) is 4.98 Å². The number of anilines is 1. The number of ether oxygens (including phenoxy) is 1. The lowest BCUT2D eigenvalue weighted by Gasteiger charge is -2.09. The number of nitrogens with one attached hydrogen (secondary N) is 1. The van der Waals surface area contributed by atoms with Crippen molar-refractivity contribution >= 4 is 11.7 Å². The fourth-order valence-electron chi connectivity index (χ4n) is 1.72. The number of hydrogen-bond acceptors (Lipinski definition) is 4. The van der Waals surface area contributed by atoms with Gasteiger partial charge in [0.25, 0.3) is 5.91 Å². The number of rotatable bonds is 4. The Morgan fingerprint density at radius 1 is 1.37 bits per heavy atom. The van der Waals surface area contributed by atoms with Gasteiger partial charge in [-0.3, -0.25) is 4.79 Å². The van der Waals surface area contributed by atoms with Crippen LogP contribution < -0.4 is 15.8 Å². The van der Waals surface area contributed by atoms with Crippen molar-refractivity contribution in [2.45, 2.75) is 6.54 Å². The van der Waals surface area contributed by atoms with Crippen molar-refractivity contribution in [3.63, 3.8) is 0 Å². The molecule has 1 amide bonds. The lowest BCUT2D eigenvalue weighted by molar-refractivity contribution is 0.0950. The Bertz CT molecular complexity index is 584. The number of nitrogen functional groups attached to an aromatic ring is 1. The lowest BCUT2D eigenvalue weighted by Crippen LogP contribution is -2.23. The van der Waals surface area contributed by atoms with Crippen LogP contribution in [0.5, 0.6) is 5.75 Å². The number of aromatic nitrogens is 1. The van der Waals surface area contributed by atoms with Crippen LogP contribution in [0.4, 0.5) is 5.82 Å². The third kappa shape index (κ3) is 3.22. The fourth-order valence-corrected chi connectivity index (χ4v) is 1.72. The summed E-state index contributed by atoms with van der Waals surface area (Å²) in [5.41, 5.74) is 6.94. The number of pyridine rings is 1. The molecule has 5 heteroatoms. The minimum atomic E-state index is -0.194. The molecule has 0 aliphatic carbocycles. The van der Waals surface area contributed by atoms with E-state index >= 15 is 0 Å². The highest BCUT2D eigenvalue weighted by Gasteiger charge is 2.07. The molecule has 1 aromatic carbocycles. The standard InChI is InChI=1S/C14H15N3O2/c1-19-12-5-3-2-4-11(12)9-17-14(18)10-6-7-16-13(15)8-10/h2-8H,9H2,1H3,(H2,15,16)(H,17,18). The summed E-state index contributed by atoms with van der Waals surface area (Å²) in [6.45, 7) is 0.394. The Morgan fingerprint density at radius 2 is 2.16 bits per heavy atom. The van der Waals surface area contributed by atoms with Crippen LogP contribution in [0.3, 0.4) is 0 Å². The van der Waals surface area contributed by atoms with Gasteiger partial charge in [-0.1, -0.05) is 18.2 Å². The van der Waals surface area contributed by atoms with Gasteiger partial charge in [0, 0.05) is 23.9 Å². The molecule has 0 radical (unpaired) electrons. The molecule has 1 heterocycles. The zero-order valence-corrected chi connectivity index (χ0v) is 10.6. The molecule has 2 aromatic rings. The van der Waals surface area contributed by atoms with Crippen LogP contribution >= 0.6 is 0 Å². The van der Waals surface area contributed by atoms with E-state index in [2.05, 4.69) is 10.3 Å². The van der Waals surface area contributed by atoms with E-state index in [9.17, 15) is 4.79 Å². The van der Waals surface area contributed by atoms with Gasteiger partial charge >= 0.3 is 0 Å². The van der Waals surface area contributed by atoms with Gasteiger partial charge < -0.3 is 15.8 Å². The molecule has 3 N–H and O–H groups in total. The molecular formula is C14H15N3O2. The average molecular weight is 257 g/mol. The first-order valence-corrected chi connectivity index (χ1v) is 5.82. The topological polar surface area (TPSA) is 77.2 Å². The second-order valence-electron chi connectivity index (χ2n) is 3.96. The molecule has 2 rings (SSSR count). The minimum Gasteiger partial charge on any atom is -0.496 e. The SMILES string of the molecule is COc1ccccc1CNC(=O)c1ccnc(N)c1. The average Bonchev–Trinajstić information content (AvgIpc) is 2.45. The molecule has 19 heavy (non-hydrogen) atoms. The number of para-hydroxylation sites is 1. The molecule has 0 unspecified atom stereocenters. The highest BCUT2D eigenvalue weighted by Crippen LogP contribution is 2.16. The van der Waals surface area contributed by atoms with Crippen molar-refractivity contribution < 1.29 is 9.53 Å². The van der Waals surface area contributed by atoms with Gasteiger partial charge in [0.1, 0.15) is 11.6 Å². The summed E-state index contributed by atoms with van der Waals surface area (Å²) in [6, 6.07) is 10.7. The first kappa shape index (κ1) is 12.9. The molecule has 1 aromatic heterocycles. The van der Waals surface area contributed by atoms with Gasteiger partial charge in [0.05, 0.1) is 7.11 Å². The highest BCUT2D eigenvalue weighted by atomic mass is 16.5. The minimum absolute atomic E-state index is 0.194. The lowest BCUT2D eigenvalue weighted by atomic mass is 10.2. The number of benzene rings is 1. The molecule has 0 fully saturated rings. The van der Waals surface area contributed by atoms with Crippen molar-refractivity contribution in [1.82, 2.24) is 10.3 Å². The molecule has 0 aliphatic heterocycles. The predicted molar refractivity (Wildman–Crippen MR) is 72.8 cm³/mol. The van der Waals surface area contributed by atoms with Crippen LogP contribution in [0, 0.1) is 0 Å². The molecule has 5 nitrogen and oxygen atoms in total. The molecule has 0 atom stereocenters. The summed E-state index contributed by atoms with van der Waals surface area (Å²) in [4.78, 5) is 15.8. The molecule has 0 bridgehead atoms. The van der Waals surface area contributed by atoms with E-state index in [1.165, 1.54) is 12.3 Å². The Morgan fingerprint density at radius 3 is 2.89 bits per heavy atom. The number of nitrogens with two attached hydrogens (primary N) is 1. The van der Waals surface area contributed by atoms with E-state index in [1.54, 1.807) is 13.2 Å². The van der Waals surface area contributed by atoms with Gasteiger partial charge in [0.15, 0.2) is 0 Å². The van der Waals surface area contributed by atoms with Crippen molar-refractivity contribution in [3.05, 3.63) is 53.7 Å². The summed E-state index contributed by atoms with van der Waals surface area (Å²) in [5, 5.41) is 2.81. The molecule has 0 saturated heterocycles. The monoisotopic (exact) mass is 257 g/mol. The third-order valence-electron chi connectivity index (χ3n) is 2.68. The van der Waals surface area contributed by atoms with Crippen LogP contribution in [0.25, 0.3) is 0 Å². The summed E-state index contributed by atoms with van der Waals surface area (Å²) >= 11 is 0. The summed E-state index contributed by atoms with van der Waals surface area (Å²) < 4.78 is 5.22. The highest BCUT2D eigenvalue weighted by molar-refractivity contribution is 5.94. The van der Waals surface area contributed by atoms with Crippen LogP contribution in [-0.2, 0) is 6.54 Å². The van der Waals surface area contributed by atoms with Crippen molar-refractivity contribution in [2.75, 3.05) is 12.8 Å². The third-order valence-corrected chi connectivity index (χ3v) is 2.68. The van der Waals surface area contributed by atoms with Crippen molar-refractivity contribution in [2.24, 2.45) is 0 Å². The van der Waals surface area contributed by atoms with Gasteiger partial charge in [-0.2, -0.15) is 0 Å². The Hall–Kier alpha value is -2.56. The quantitative estimate of drug-likeness (QED) is 0.872. The summed E-state index contributed by atoms with van der Waals surface area (Å²) in [7, 11) is 1.60. The second kappa shape index (κ2) is 5.86. The number of carbonyl (C=O) groups excluding carboxylic acids is 1. The van der Waals surface area contributed by atoms with Crippen molar-refractivity contribution in [3.8, 4) is 5.75 Å². The maximum atomic E-state index is 11.9. The zero-order chi connectivity index (χ0) is 13.7. The molecule has 0 spiro atoms. The fraction of sp³-hybridized carbons (Fsp3) is 0.143. The number of carbonyl (C=O) groups is 1. The number of amides is 1. The van der Waals surface area contributed by atoms with E-state index in [0.29, 0.717) is 17.9 Å². The molecular weight excluding hydrogens is 242 g/mol. The van der Waals surface area contributed by atoms with Crippen molar-refractivity contribution in [1.29, 1.82) is 0 Å². The van der Waals surface area contributed by atoms with Crippen LogP contribution in [0.1, 0.15) is 15.9 Å². The van der Waals surface area contributed by atoms with E-state index < -0.39 is 0 Å². The Labute approximate surface area is 111 Å². The molecule has 0 saturated carbocycles. The summed E-state index contributed by atoms with van der Waals surface area (Å²) in [6.07, 6.45) is 1.51. The normalized spacial score (nSPS) is 9.95. The predicted octanol–water partition coefficient (Wildman–Crippen LogP) is 1.60. The van der Waals surface area contributed by atoms with Crippen LogP contribution in [-0.4, -0.2) is 18.0 Å². The van der Waals surface area contributed by atoms with Gasteiger partial charge in [0.2, 0.25) is 0 Å². The van der Waals surface area contributed by atoms with E-state index in [0.717, 1.165) is 11.3 Å². The van der Waals surface area contributed by atoms with E-state index in [-0.39, 0.29) is 5.91 Å². The maximum absolute atomic E-state index is 11.9. The maximum Gasteiger partial charge on any atom is 0.251 e. The zero-order valence-electron chi connectivity index (χ0n) is 10.6. The first-order valence-electron chi connectivity index (χ1n) is 5.82. The Balaban J connectivity index is 2.04. The van der Waals surface area contributed by atoms with Gasteiger partial charge in [-0.15, -0.1) is 0 Å². The molecule has 0 aliphatic rings. The van der Waals surface area contributed by atoms with E-state index in [1.807, 2.05) is 24.3 Å². The molecule has 98 valence electrons. The number of nitrogens with zero attached hydrogens (tertiary/aromatic N) is 1. The van der Waals surface area contributed by atoms with Crippen LogP contribution in [0.15, 0.2) is 42.6 Å². The number of methoxy groups -OCH3 is 1. The largest absolute Gasteiger partial charge is 0.496 e. The summed E-state index contributed by atoms with van der Waals surface area (Å²) in [5.74, 6) is 0.877. The van der Waals surface area contributed by atoms with E-state index in [4.69, 9.17) is 10.5 Å². The second-order valence-corrected chi connectivity index (χ2v) is 3.96. The smallest absolute Gasteiger partial charge is 0.251 e. The first-order chi connectivity index (χ1) is 9.20.